The first kappa shape index (κ1) is 18.7. The number of carbonyl (C=O) groups is 1. The number of Topliss-reactive ketones (excluding diaryl/α,β-unsaturated/α-hetero) is 1. The van der Waals surface area contributed by atoms with Gasteiger partial charge in [-0.2, -0.15) is 0 Å². The van der Waals surface area contributed by atoms with E-state index in [0.717, 1.165) is 44.9 Å². The maximum atomic E-state index is 12.7. The van der Waals surface area contributed by atoms with Gasteiger partial charge < -0.3 is 9.84 Å². The second-order valence-electron chi connectivity index (χ2n) is 9.97. The molecule has 3 fully saturated rings. The number of ketones is 1. The monoisotopic (exact) mass is 360 g/mol. The lowest BCUT2D eigenvalue weighted by atomic mass is 9.46. The van der Waals surface area contributed by atoms with E-state index in [-0.39, 0.29) is 22.7 Å². The smallest absolute Gasteiger partial charge is 0.162 e. The largest absolute Gasteiger partial charge is 0.393 e. The summed E-state index contributed by atoms with van der Waals surface area (Å²) in [6.45, 7) is 9.20. The minimum atomic E-state index is -0.564. The molecule has 7 atom stereocenters. The van der Waals surface area contributed by atoms with Crippen molar-refractivity contribution >= 4 is 5.78 Å². The SMILES string of the molecule is CCOC1(C(C)=O)CCC2C3CC=C4C[C@@H](O)CC[C@]4(C)C3CC[C@@]21C. The molecule has 0 spiro atoms. The zero-order valence-electron chi connectivity index (χ0n) is 17.0. The van der Waals surface area contributed by atoms with E-state index in [9.17, 15) is 9.90 Å². The Balaban J connectivity index is 1.69. The first-order valence-electron chi connectivity index (χ1n) is 10.8. The summed E-state index contributed by atoms with van der Waals surface area (Å²) in [4.78, 5) is 12.7. The molecule has 0 aromatic carbocycles. The molecule has 4 unspecified atom stereocenters. The van der Waals surface area contributed by atoms with Gasteiger partial charge in [0.05, 0.1) is 6.10 Å². The molecule has 0 radical (unpaired) electrons. The molecule has 0 amide bonds. The second kappa shape index (κ2) is 6.17. The summed E-state index contributed by atoms with van der Waals surface area (Å²) in [5.74, 6) is 2.19. The van der Waals surface area contributed by atoms with Gasteiger partial charge in [-0.25, -0.2) is 0 Å². The van der Waals surface area contributed by atoms with Crippen LogP contribution in [0.25, 0.3) is 0 Å². The zero-order chi connectivity index (χ0) is 18.7. The first-order valence-corrected chi connectivity index (χ1v) is 10.8. The molecule has 4 rings (SSSR count). The second-order valence-corrected chi connectivity index (χ2v) is 9.97. The molecule has 146 valence electrons. The quantitative estimate of drug-likeness (QED) is 0.744. The Hall–Kier alpha value is -0.670. The molecule has 0 heterocycles. The number of ether oxygens (including phenoxy) is 1. The van der Waals surface area contributed by atoms with E-state index in [2.05, 4.69) is 19.9 Å². The Morgan fingerprint density at radius 2 is 1.92 bits per heavy atom. The average molecular weight is 361 g/mol. The normalized spacial score (nSPS) is 50.4. The van der Waals surface area contributed by atoms with E-state index in [4.69, 9.17) is 4.74 Å². The van der Waals surface area contributed by atoms with Crippen molar-refractivity contribution < 1.29 is 14.6 Å². The number of hydrogen-bond donors (Lipinski definition) is 1. The highest BCUT2D eigenvalue weighted by Crippen LogP contribution is 2.68. The number of hydrogen-bond acceptors (Lipinski definition) is 3. The average Bonchev–Trinajstić information content (AvgIpc) is 2.90. The summed E-state index contributed by atoms with van der Waals surface area (Å²) >= 11 is 0. The van der Waals surface area contributed by atoms with Gasteiger partial charge in [-0.3, -0.25) is 4.79 Å². The van der Waals surface area contributed by atoms with Crippen LogP contribution in [-0.2, 0) is 9.53 Å². The topological polar surface area (TPSA) is 46.5 Å². The third kappa shape index (κ3) is 2.29. The van der Waals surface area contributed by atoms with Gasteiger partial charge in [0.25, 0.3) is 0 Å². The van der Waals surface area contributed by atoms with Crippen LogP contribution in [0, 0.1) is 28.6 Å². The Kier molecular flexibility index (Phi) is 4.43. The van der Waals surface area contributed by atoms with Gasteiger partial charge in [0.1, 0.15) is 5.60 Å². The fourth-order valence-electron chi connectivity index (χ4n) is 7.80. The zero-order valence-corrected chi connectivity index (χ0v) is 17.0. The third-order valence-corrected chi connectivity index (χ3v) is 9.16. The molecule has 1 N–H and O–H groups in total. The van der Waals surface area contributed by atoms with E-state index < -0.39 is 5.60 Å². The Morgan fingerprint density at radius 1 is 1.19 bits per heavy atom. The molecule has 0 aromatic heterocycles. The number of aliphatic hydroxyl groups excluding tert-OH is 1. The maximum absolute atomic E-state index is 12.7. The fraction of sp³-hybridized carbons (Fsp3) is 0.870. The van der Waals surface area contributed by atoms with E-state index in [1.54, 1.807) is 6.92 Å². The minimum Gasteiger partial charge on any atom is -0.393 e. The predicted molar refractivity (Wildman–Crippen MR) is 103 cm³/mol. The van der Waals surface area contributed by atoms with Crippen LogP contribution in [0.3, 0.4) is 0 Å². The Bertz CT molecular complexity index is 625. The molecule has 0 aliphatic heterocycles. The van der Waals surface area contributed by atoms with Crippen LogP contribution in [-0.4, -0.2) is 29.2 Å². The van der Waals surface area contributed by atoms with Crippen molar-refractivity contribution in [3.8, 4) is 0 Å². The molecular formula is C23H36O3. The van der Waals surface area contributed by atoms with Crippen LogP contribution in [0.1, 0.15) is 79.1 Å². The summed E-state index contributed by atoms with van der Waals surface area (Å²) in [6.07, 6.45) is 10.7. The van der Waals surface area contributed by atoms with Gasteiger partial charge in [0.15, 0.2) is 5.78 Å². The number of rotatable bonds is 3. The maximum Gasteiger partial charge on any atom is 0.162 e. The van der Waals surface area contributed by atoms with Gasteiger partial charge in [0, 0.05) is 12.0 Å². The lowest BCUT2D eigenvalue weighted by Gasteiger charge is -2.59. The van der Waals surface area contributed by atoms with E-state index in [1.807, 2.05) is 6.92 Å². The first-order chi connectivity index (χ1) is 12.3. The lowest BCUT2D eigenvalue weighted by molar-refractivity contribution is -0.173. The molecule has 0 saturated heterocycles. The van der Waals surface area contributed by atoms with Crippen LogP contribution in [0.15, 0.2) is 11.6 Å². The van der Waals surface area contributed by atoms with Crippen molar-refractivity contribution in [3.05, 3.63) is 11.6 Å². The summed E-state index contributed by atoms with van der Waals surface area (Å²) in [6, 6.07) is 0. The molecule has 4 aliphatic rings. The summed E-state index contributed by atoms with van der Waals surface area (Å²) < 4.78 is 6.25. The van der Waals surface area contributed by atoms with Gasteiger partial charge in [-0.05, 0) is 88.4 Å². The molecule has 3 nitrogen and oxygen atoms in total. The highest BCUT2D eigenvalue weighted by molar-refractivity contribution is 5.86. The number of fused-ring (bicyclic) bond motifs is 5. The van der Waals surface area contributed by atoms with Crippen molar-refractivity contribution in [2.45, 2.75) is 90.8 Å². The van der Waals surface area contributed by atoms with Gasteiger partial charge in [0.2, 0.25) is 0 Å². The van der Waals surface area contributed by atoms with Gasteiger partial charge in [-0.15, -0.1) is 0 Å². The van der Waals surface area contributed by atoms with Crippen molar-refractivity contribution in [2.75, 3.05) is 6.61 Å². The van der Waals surface area contributed by atoms with Crippen LogP contribution in [0.5, 0.6) is 0 Å². The van der Waals surface area contributed by atoms with Gasteiger partial charge in [-0.1, -0.05) is 25.5 Å². The standard InChI is InChI=1S/C23H36O3/c1-5-26-23(15(2)24)13-10-20-18-7-6-16-14-17(25)8-11-21(16,3)19(18)9-12-22(20,23)4/h6,17-20,25H,5,7-14H2,1-4H3/t17-,18?,19?,20?,21-,22-,23?/m0/s1. The van der Waals surface area contributed by atoms with Gasteiger partial charge >= 0.3 is 0 Å². The van der Waals surface area contributed by atoms with E-state index in [1.165, 1.54) is 12.0 Å². The molecule has 0 aromatic rings. The lowest BCUT2D eigenvalue weighted by Crippen LogP contribution is -2.58. The fourth-order valence-corrected chi connectivity index (χ4v) is 7.80. The summed E-state index contributed by atoms with van der Waals surface area (Å²) in [7, 11) is 0. The molecule has 3 heteroatoms. The van der Waals surface area contributed by atoms with E-state index >= 15 is 0 Å². The minimum absolute atomic E-state index is 0.0219. The molecule has 26 heavy (non-hydrogen) atoms. The number of allylic oxidation sites excluding steroid dienone is 1. The van der Waals surface area contributed by atoms with Crippen LogP contribution < -0.4 is 0 Å². The van der Waals surface area contributed by atoms with Crippen LogP contribution in [0.2, 0.25) is 0 Å². The summed E-state index contributed by atoms with van der Waals surface area (Å²) in [5.41, 5.74) is 1.19. The van der Waals surface area contributed by atoms with Crippen LogP contribution in [0.4, 0.5) is 0 Å². The van der Waals surface area contributed by atoms with Crippen LogP contribution >= 0.6 is 0 Å². The molecule has 3 saturated carbocycles. The molecule has 4 aliphatic carbocycles. The Labute approximate surface area is 158 Å². The Morgan fingerprint density at radius 3 is 2.62 bits per heavy atom. The van der Waals surface area contributed by atoms with Crippen molar-refractivity contribution in [1.29, 1.82) is 0 Å². The number of aliphatic hydroxyl groups is 1. The highest BCUT2D eigenvalue weighted by Gasteiger charge is 2.66. The number of carbonyl (C=O) groups excluding carboxylic acids is 1. The summed E-state index contributed by atoms with van der Waals surface area (Å²) in [5, 5.41) is 10.1. The van der Waals surface area contributed by atoms with Crippen molar-refractivity contribution in [2.24, 2.45) is 28.6 Å². The van der Waals surface area contributed by atoms with E-state index in [0.29, 0.717) is 24.4 Å². The van der Waals surface area contributed by atoms with Crippen molar-refractivity contribution in [1.82, 2.24) is 0 Å². The molecule has 0 bridgehead atoms. The van der Waals surface area contributed by atoms with Crippen molar-refractivity contribution in [3.63, 3.8) is 0 Å². The predicted octanol–water partition coefficient (Wildman–Crippen LogP) is 4.67. The molecular weight excluding hydrogens is 324 g/mol. The highest BCUT2D eigenvalue weighted by atomic mass is 16.5. The third-order valence-electron chi connectivity index (χ3n) is 9.16.